The lowest BCUT2D eigenvalue weighted by Gasteiger charge is -1.99. The molecule has 0 saturated heterocycles. The Morgan fingerprint density at radius 3 is 2.83 bits per heavy atom. The number of carbonyl (C=O) groups is 1. The van der Waals surface area contributed by atoms with E-state index in [1.165, 1.54) is 16.9 Å². The van der Waals surface area contributed by atoms with Crippen LogP contribution in [0.1, 0.15) is 34.3 Å². The van der Waals surface area contributed by atoms with Crippen molar-refractivity contribution in [1.29, 1.82) is 0 Å². The summed E-state index contributed by atoms with van der Waals surface area (Å²) in [6.07, 6.45) is 1.67. The smallest absolute Gasteiger partial charge is 0.271 e. The number of anilines is 1. The van der Waals surface area contributed by atoms with Gasteiger partial charge < -0.3 is 0 Å². The number of nitrogens with zero attached hydrogens (tertiary/aromatic N) is 4. The highest BCUT2D eigenvalue weighted by Gasteiger charge is 2.17. The van der Waals surface area contributed by atoms with Gasteiger partial charge in [-0.15, -0.1) is 15.3 Å². The number of aromatic nitrogens is 4. The summed E-state index contributed by atoms with van der Waals surface area (Å²) in [5, 5.41) is 15.4. The number of hydrogen-bond acceptors (Lipinski definition) is 8. The normalized spacial score (nSPS) is 10.7. The summed E-state index contributed by atoms with van der Waals surface area (Å²) in [7, 11) is 0. The van der Waals surface area contributed by atoms with E-state index in [2.05, 4.69) is 37.2 Å². The lowest BCUT2D eigenvalue weighted by atomic mass is 10.2. The van der Waals surface area contributed by atoms with E-state index in [0.717, 1.165) is 40.2 Å². The Labute approximate surface area is 151 Å². The van der Waals surface area contributed by atoms with E-state index < -0.39 is 0 Å². The molecule has 1 N–H and O–H groups in total. The number of benzene rings is 1. The maximum atomic E-state index is 12.3. The molecule has 0 aliphatic carbocycles. The molecule has 3 aromatic rings. The molecule has 0 fully saturated rings. The van der Waals surface area contributed by atoms with E-state index in [0.29, 0.717) is 10.0 Å². The predicted octanol–water partition coefficient (Wildman–Crippen LogP) is 3.89. The molecular weight excluding hydrogens is 362 g/mol. The van der Waals surface area contributed by atoms with Crippen LogP contribution in [0.15, 0.2) is 34.7 Å². The highest BCUT2D eigenvalue weighted by atomic mass is 32.2. The van der Waals surface area contributed by atoms with Gasteiger partial charge in [-0.25, -0.2) is 0 Å². The van der Waals surface area contributed by atoms with Crippen molar-refractivity contribution in [1.82, 2.24) is 19.8 Å². The van der Waals surface area contributed by atoms with Gasteiger partial charge in [-0.1, -0.05) is 71.3 Å². The summed E-state index contributed by atoms with van der Waals surface area (Å²) in [6.45, 7) is 2.04. The Hall–Kier alpha value is -1.84. The first-order valence-corrected chi connectivity index (χ1v) is 9.96. The van der Waals surface area contributed by atoms with Crippen LogP contribution in [0, 0.1) is 0 Å². The Morgan fingerprint density at radius 1 is 1.21 bits per heavy atom. The molecule has 2 heterocycles. The largest absolute Gasteiger partial charge is 0.296 e. The fourth-order valence-corrected chi connectivity index (χ4v) is 4.28. The fraction of sp³-hybridized carbons (Fsp3) is 0.267. The van der Waals surface area contributed by atoms with Crippen molar-refractivity contribution < 1.29 is 4.79 Å². The maximum absolute atomic E-state index is 12.3. The molecule has 0 unspecified atom stereocenters. The summed E-state index contributed by atoms with van der Waals surface area (Å²) < 4.78 is 4.69. The van der Waals surface area contributed by atoms with Crippen molar-refractivity contribution >= 4 is 45.7 Å². The summed E-state index contributed by atoms with van der Waals surface area (Å²) in [5.74, 6) is 0.604. The van der Waals surface area contributed by atoms with E-state index in [-0.39, 0.29) is 5.91 Å². The van der Waals surface area contributed by atoms with Crippen molar-refractivity contribution in [3.63, 3.8) is 0 Å². The van der Waals surface area contributed by atoms with Gasteiger partial charge >= 0.3 is 0 Å². The molecule has 0 bridgehead atoms. The molecule has 0 aliphatic rings. The van der Waals surface area contributed by atoms with E-state index in [4.69, 9.17) is 0 Å². The SMILES string of the molecule is CCCc1nnsc1C(=O)Nc1nnc(SCc2ccccc2)s1. The number of rotatable bonds is 7. The number of thioether (sulfide) groups is 1. The van der Waals surface area contributed by atoms with Crippen LogP contribution >= 0.6 is 34.6 Å². The molecule has 2 aromatic heterocycles. The summed E-state index contributed by atoms with van der Waals surface area (Å²) in [6, 6.07) is 10.2. The van der Waals surface area contributed by atoms with Crippen molar-refractivity contribution in [3.8, 4) is 0 Å². The average Bonchev–Trinajstić information content (AvgIpc) is 3.24. The van der Waals surface area contributed by atoms with Gasteiger partial charge in [0.25, 0.3) is 5.91 Å². The molecule has 3 rings (SSSR count). The van der Waals surface area contributed by atoms with Crippen molar-refractivity contribution in [2.24, 2.45) is 0 Å². The topological polar surface area (TPSA) is 80.7 Å². The van der Waals surface area contributed by atoms with Gasteiger partial charge in [0.2, 0.25) is 5.13 Å². The number of amides is 1. The molecule has 124 valence electrons. The summed E-state index contributed by atoms with van der Waals surface area (Å²) in [4.78, 5) is 12.9. The van der Waals surface area contributed by atoms with E-state index in [1.54, 1.807) is 11.8 Å². The minimum atomic E-state index is -0.218. The zero-order valence-electron chi connectivity index (χ0n) is 12.9. The lowest BCUT2D eigenvalue weighted by Crippen LogP contribution is -2.12. The van der Waals surface area contributed by atoms with Crippen LogP contribution in [0.4, 0.5) is 5.13 Å². The predicted molar refractivity (Wildman–Crippen MR) is 97.8 cm³/mol. The number of aryl methyl sites for hydroxylation is 1. The van der Waals surface area contributed by atoms with Gasteiger partial charge in [0.15, 0.2) is 4.34 Å². The molecule has 24 heavy (non-hydrogen) atoms. The number of hydrogen-bond donors (Lipinski definition) is 1. The second kappa shape index (κ2) is 8.32. The van der Waals surface area contributed by atoms with Gasteiger partial charge in [0.05, 0.1) is 5.69 Å². The molecule has 9 heteroatoms. The molecule has 0 aliphatic heterocycles. The Balaban J connectivity index is 1.59. The van der Waals surface area contributed by atoms with Crippen molar-refractivity contribution in [3.05, 3.63) is 46.5 Å². The zero-order chi connectivity index (χ0) is 16.8. The van der Waals surface area contributed by atoms with Crippen molar-refractivity contribution in [2.75, 3.05) is 5.32 Å². The quantitative estimate of drug-likeness (QED) is 0.497. The molecule has 0 spiro atoms. The van der Waals surface area contributed by atoms with Gasteiger partial charge in [-0.05, 0) is 23.5 Å². The standard InChI is InChI=1S/C15H15N5OS3/c1-2-6-11-12(24-20-17-11)13(21)16-14-18-19-15(23-14)22-9-10-7-4-3-5-8-10/h3-5,7-8H,2,6,9H2,1H3,(H,16,18,21). The van der Waals surface area contributed by atoms with Gasteiger partial charge in [-0.2, -0.15) is 0 Å². The van der Waals surface area contributed by atoms with Gasteiger partial charge in [0, 0.05) is 5.75 Å². The van der Waals surface area contributed by atoms with Crippen LogP contribution in [-0.4, -0.2) is 25.7 Å². The van der Waals surface area contributed by atoms with Crippen molar-refractivity contribution in [2.45, 2.75) is 29.9 Å². The minimum Gasteiger partial charge on any atom is -0.296 e. The van der Waals surface area contributed by atoms with Crippen LogP contribution in [0.5, 0.6) is 0 Å². The second-order valence-electron chi connectivity index (χ2n) is 4.90. The third-order valence-electron chi connectivity index (χ3n) is 3.08. The first-order valence-electron chi connectivity index (χ1n) is 7.39. The molecule has 6 nitrogen and oxygen atoms in total. The molecule has 1 aromatic carbocycles. The number of nitrogens with one attached hydrogen (secondary N) is 1. The Morgan fingerprint density at radius 2 is 2.04 bits per heavy atom. The van der Waals surface area contributed by atoms with Crippen LogP contribution < -0.4 is 5.32 Å². The third kappa shape index (κ3) is 4.37. The monoisotopic (exact) mass is 377 g/mol. The molecule has 1 amide bonds. The van der Waals surface area contributed by atoms with Crippen LogP contribution in [0.2, 0.25) is 0 Å². The molecule has 0 saturated carbocycles. The second-order valence-corrected chi connectivity index (χ2v) is 7.85. The summed E-state index contributed by atoms with van der Waals surface area (Å²) >= 11 is 4.08. The van der Waals surface area contributed by atoms with Crippen LogP contribution in [-0.2, 0) is 12.2 Å². The molecule has 0 atom stereocenters. The van der Waals surface area contributed by atoms with Gasteiger partial charge in [-0.3, -0.25) is 10.1 Å². The first-order chi connectivity index (χ1) is 11.8. The van der Waals surface area contributed by atoms with Gasteiger partial charge in [0.1, 0.15) is 4.88 Å². The highest BCUT2D eigenvalue weighted by molar-refractivity contribution is 8.00. The Bertz CT molecular complexity index is 802. The minimum absolute atomic E-state index is 0.218. The molecular formula is C15H15N5OS3. The summed E-state index contributed by atoms with van der Waals surface area (Å²) in [5.41, 5.74) is 1.96. The Kier molecular flexibility index (Phi) is 5.89. The van der Waals surface area contributed by atoms with Crippen LogP contribution in [0.3, 0.4) is 0 Å². The van der Waals surface area contributed by atoms with E-state index >= 15 is 0 Å². The lowest BCUT2D eigenvalue weighted by molar-refractivity contribution is 0.102. The first kappa shape index (κ1) is 17.0. The van der Waals surface area contributed by atoms with Crippen LogP contribution in [0.25, 0.3) is 0 Å². The number of carbonyl (C=O) groups excluding carboxylic acids is 1. The zero-order valence-corrected chi connectivity index (χ0v) is 15.4. The highest BCUT2D eigenvalue weighted by Crippen LogP contribution is 2.28. The average molecular weight is 378 g/mol. The maximum Gasteiger partial charge on any atom is 0.271 e. The molecule has 0 radical (unpaired) electrons. The third-order valence-corrected chi connectivity index (χ3v) is 5.89. The van der Waals surface area contributed by atoms with E-state index in [9.17, 15) is 4.79 Å². The van der Waals surface area contributed by atoms with E-state index in [1.807, 2.05) is 25.1 Å². The fourth-order valence-electron chi connectivity index (χ4n) is 1.97.